The van der Waals surface area contributed by atoms with Gasteiger partial charge in [0.15, 0.2) is 9.84 Å². The van der Waals surface area contributed by atoms with E-state index >= 15 is 0 Å². The number of hydrogen-bond donors (Lipinski definition) is 1. The second-order valence-corrected chi connectivity index (χ2v) is 11.2. The average Bonchev–Trinajstić information content (AvgIpc) is 2.57. The van der Waals surface area contributed by atoms with Gasteiger partial charge in [-0.3, -0.25) is 0 Å². The van der Waals surface area contributed by atoms with Crippen molar-refractivity contribution < 1.29 is 16.8 Å². The zero-order valence-corrected chi connectivity index (χ0v) is 16.7. The molecule has 0 unspecified atom stereocenters. The van der Waals surface area contributed by atoms with Crippen LogP contribution in [0.25, 0.3) is 0 Å². The lowest BCUT2D eigenvalue weighted by molar-refractivity contribution is 0.381. The minimum absolute atomic E-state index is 0.00959. The van der Waals surface area contributed by atoms with Gasteiger partial charge < -0.3 is 0 Å². The molecule has 0 amide bonds. The predicted molar refractivity (Wildman–Crippen MR) is 101 cm³/mol. The summed E-state index contributed by atoms with van der Waals surface area (Å²) in [5.41, 5.74) is 2.17. The van der Waals surface area contributed by atoms with Gasteiger partial charge in [-0.25, -0.2) is 21.6 Å². The SMILES string of the molecule is CC1(C)CC[C@@H](NS(=O)(=O)c2ccc(S(C)(=O)=O)cc2)c2ccccc21. The maximum Gasteiger partial charge on any atom is 0.241 e. The van der Waals surface area contributed by atoms with Crippen LogP contribution in [0.5, 0.6) is 0 Å². The second kappa shape index (κ2) is 6.48. The van der Waals surface area contributed by atoms with E-state index in [1.54, 1.807) is 0 Å². The van der Waals surface area contributed by atoms with E-state index in [0.717, 1.165) is 23.8 Å². The molecule has 1 N–H and O–H groups in total. The largest absolute Gasteiger partial charge is 0.241 e. The van der Waals surface area contributed by atoms with Crippen LogP contribution in [-0.2, 0) is 25.3 Å². The molecule has 3 rings (SSSR count). The Morgan fingerprint density at radius 1 is 0.923 bits per heavy atom. The Bertz CT molecular complexity index is 1020. The molecule has 1 aliphatic rings. The van der Waals surface area contributed by atoms with E-state index in [1.807, 2.05) is 18.2 Å². The Balaban J connectivity index is 1.91. The Hall–Kier alpha value is -1.70. The molecule has 5 nitrogen and oxygen atoms in total. The Kier molecular flexibility index (Phi) is 4.75. The van der Waals surface area contributed by atoms with Gasteiger partial charge in [0.25, 0.3) is 0 Å². The van der Waals surface area contributed by atoms with Crippen molar-refractivity contribution >= 4 is 19.9 Å². The first kappa shape index (κ1) is 19.1. The van der Waals surface area contributed by atoms with Gasteiger partial charge >= 0.3 is 0 Å². The highest BCUT2D eigenvalue weighted by atomic mass is 32.2. The van der Waals surface area contributed by atoms with Crippen LogP contribution in [-0.4, -0.2) is 23.1 Å². The summed E-state index contributed by atoms with van der Waals surface area (Å²) in [5.74, 6) is 0. The standard InChI is InChI=1S/C19H23NO4S2/c1-19(2)13-12-18(16-6-4-5-7-17(16)19)20-26(23,24)15-10-8-14(9-11-15)25(3,21)22/h4-11,18,20H,12-13H2,1-3H3/t18-/m1/s1. The highest BCUT2D eigenvalue weighted by Crippen LogP contribution is 2.41. The van der Waals surface area contributed by atoms with Crippen molar-refractivity contribution in [1.82, 2.24) is 4.72 Å². The van der Waals surface area contributed by atoms with E-state index in [2.05, 4.69) is 24.6 Å². The minimum atomic E-state index is -3.75. The fourth-order valence-electron chi connectivity index (χ4n) is 3.46. The first-order chi connectivity index (χ1) is 12.0. The lowest BCUT2D eigenvalue weighted by Gasteiger charge is -2.37. The van der Waals surface area contributed by atoms with Crippen molar-refractivity contribution in [2.24, 2.45) is 0 Å². The third kappa shape index (κ3) is 3.70. The zero-order valence-electron chi connectivity index (χ0n) is 15.1. The van der Waals surface area contributed by atoms with Crippen LogP contribution >= 0.6 is 0 Å². The van der Waals surface area contributed by atoms with Crippen LogP contribution in [0.2, 0.25) is 0 Å². The van der Waals surface area contributed by atoms with Gasteiger partial charge in [0.1, 0.15) is 0 Å². The van der Waals surface area contributed by atoms with Gasteiger partial charge in [0, 0.05) is 12.3 Å². The van der Waals surface area contributed by atoms with Gasteiger partial charge in [0.05, 0.1) is 9.79 Å². The summed E-state index contributed by atoms with van der Waals surface area (Å²) < 4.78 is 51.4. The van der Waals surface area contributed by atoms with E-state index in [-0.39, 0.29) is 21.2 Å². The Labute approximate surface area is 155 Å². The van der Waals surface area contributed by atoms with Crippen molar-refractivity contribution in [2.45, 2.75) is 47.9 Å². The number of sulfone groups is 1. The number of nitrogens with one attached hydrogen (secondary N) is 1. The molecular formula is C19H23NO4S2. The molecule has 0 bridgehead atoms. The van der Waals surface area contributed by atoms with Crippen LogP contribution < -0.4 is 4.72 Å². The summed E-state index contributed by atoms with van der Waals surface area (Å²) >= 11 is 0. The van der Waals surface area contributed by atoms with Gasteiger partial charge in [-0.1, -0.05) is 38.1 Å². The van der Waals surface area contributed by atoms with Crippen molar-refractivity contribution in [3.63, 3.8) is 0 Å². The number of sulfonamides is 1. The van der Waals surface area contributed by atoms with Crippen LogP contribution in [0.3, 0.4) is 0 Å². The molecule has 0 heterocycles. The molecule has 0 saturated heterocycles. The van der Waals surface area contributed by atoms with Crippen LogP contribution in [0, 0.1) is 0 Å². The number of benzene rings is 2. The van der Waals surface area contributed by atoms with E-state index in [1.165, 1.54) is 24.3 Å². The molecule has 0 spiro atoms. The molecule has 0 aliphatic heterocycles. The maximum atomic E-state index is 12.8. The van der Waals surface area contributed by atoms with Crippen molar-refractivity contribution in [1.29, 1.82) is 0 Å². The lowest BCUT2D eigenvalue weighted by Crippen LogP contribution is -2.35. The Morgan fingerprint density at radius 3 is 2.12 bits per heavy atom. The van der Waals surface area contributed by atoms with Gasteiger partial charge in [-0.15, -0.1) is 0 Å². The monoisotopic (exact) mass is 393 g/mol. The molecule has 0 aromatic heterocycles. The van der Waals surface area contributed by atoms with Crippen molar-refractivity contribution in [3.05, 3.63) is 59.7 Å². The van der Waals surface area contributed by atoms with Crippen LogP contribution in [0.15, 0.2) is 58.3 Å². The first-order valence-electron chi connectivity index (χ1n) is 8.43. The van der Waals surface area contributed by atoms with E-state index < -0.39 is 19.9 Å². The molecular weight excluding hydrogens is 370 g/mol. The van der Waals surface area contributed by atoms with Gasteiger partial charge in [-0.2, -0.15) is 0 Å². The molecule has 140 valence electrons. The Morgan fingerprint density at radius 2 is 1.50 bits per heavy atom. The quantitative estimate of drug-likeness (QED) is 0.865. The zero-order chi connectivity index (χ0) is 19.2. The molecule has 26 heavy (non-hydrogen) atoms. The maximum absolute atomic E-state index is 12.8. The normalized spacial score (nSPS) is 19.7. The second-order valence-electron chi connectivity index (χ2n) is 7.43. The smallest absolute Gasteiger partial charge is 0.224 e. The number of hydrogen-bond acceptors (Lipinski definition) is 4. The summed E-state index contributed by atoms with van der Waals surface area (Å²) in [6.45, 7) is 4.33. The van der Waals surface area contributed by atoms with Crippen molar-refractivity contribution in [2.75, 3.05) is 6.26 Å². The highest BCUT2D eigenvalue weighted by molar-refractivity contribution is 7.90. The molecule has 7 heteroatoms. The van der Waals surface area contributed by atoms with E-state index in [4.69, 9.17) is 0 Å². The molecule has 1 atom stereocenters. The first-order valence-corrected chi connectivity index (χ1v) is 11.8. The predicted octanol–water partition coefficient (Wildman–Crippen LogP) is 3.18. The van der Waals surface area contributed by atoms with Crippen LogP contribution in [0.4, 0.5) is 0 Å². The molecule has 0 fully saturated rings. The summed E-state index contributed by atoms with van der Waals surface area (Å²) in [5, 5.41) is 0. The lowest BCUT2D eigenvalue weighted by atomic mass is 9.71. The fourth-order valence-corrected chi connectivity index (χ4v) is 5.34. The topological polar surface area (TPSA) is 80.3 Å². The summed E-state index contributed by atoms with van der Waals surface area (Å²) in [7, 11) is -7.11. The van der Waals surface area contributed by atoms with Gasteiger partial charge in [0.2, 0.25) is 10.0 Å². The van der Waals surface area contributed by atoms with E-state index in [9.17, 15) is 16.8 Å². The molecule has 0 saturated carbocycles. The van der Waals surface area contributed by atoms with Crippen LogP contribution in [0.1, 0.15) is 43.9 Å². The molecule has 1 aliphatic carbocycles. The summed E-state index contributed by atoms with van der Waals surface area (Å²) in [6.07, 6.45) is 2.68. The number of rotatable bonds is 4. The summed E-state index contributed by atoms with van der Waals surface area (Å²) in [6, 6.07) is 12.9. The average molecular weight is 394 g/mol. The molecule has 2 aromatic carbocycles. The number of fused-ring (bicyclic) bond motifs is 1. The highest BCUT2D eigenvalue weighted by Gasteiger charge is 2.34. The van der Waals surface area contributed by atoms with E-state index in [0.29, 0.717) is 6.42 Å². The fraction of sp³-hybridized carbons (Fsp3) is 0.368. The van der Waals surface area contributed by atoms with Gasteiger partial charge in [-0.05, 0) is 53.6 Å². The molecule has 2 aromatic rings. The third-order valence-electron chi connectivity index (χ3n) is 4.98. The summed E-state index contributed by atoms with van der Waals surface area (Å²) in [4.78, 5) is 0.161. The van der Waals surface area contributed by atoms with Crippen molar-refractivity contribution in [3.8, 4) is 0 Å². The molecule has 0 radical (unpaired) electrons. The third-order valence-corrected chi connectivity index (χ3v) is 7.60. The minimum Gasteiger partial charge on any atom is -0.224 e.